The molecule has 0 aromatic heterocycles. The van der Waals surface area contributed by atoms with Gasteiger partial charge >= 0.3 is 0 Å². The lowest BCUT2D eigenvalue weighted by Gasteiger charge is -2.23. The van der Waals surface area contributed by atoms with Crippen LogP contribution in [0, 0.1) is 0 Å². The minimum absolute atomic E-state index is 0.161. The number of hydrogen-bond donors (Lipinski definition) is 1. The van der Waals surface area contributed by atoms with Gasteiger partial charge in [0.25, 0.3) is 0 Å². The quantitative estimate of drug-likeness (QED) is 0.576. The molecule has 0 amide bonds. The molecule has 0 saturated carbocycles. The van der Waals surface area contributed by atoms with Crippen LogP contribution in [-0.4, -0.2) is 25.6 Å². The molecule has 1 N–H and O–H groups in total. The molecule has 0 fully saturated rings. The predicted octanol–water partition coefficient (Wildman–Crippen LogP) is 4.67. The molecule has 1 aromatic rings. The SMILES string of the molecule is O=C(c1ccc(Cl)cc1Cl)[C@@H](Br)[C@H](O)C(Cl)(Cl)Cl. The highest BCUT2D eigenvalue weighted by molar-refractivity contribution is 9.10. The molecule has 0 heterocycles. The molecule has 0 saturated heterocycles. The van der Waals surface area contributed by atoms with Gasteiger partial charge in [0.2, 0.25) is 3.79 Å². The van der Waals surface area contributed by atoms with Gasteiger partial charge in [0.1, 0.15) is 10.9 Å². The number of carbonyl (C=O) groups excluding carboxylic acids is 1. The highest BCUT2D eigenvalue weighted by atomic mass is 79.9. The lowest BCUT2D eigenvalue weighted by molar-refractivity contribution is 0.0906. The molecule has 1 rings (SSSR count). The minimum atomic E-state index is -1.98. The number of halogens is 6. The first-order valence-corrected chi connectivity index (χ1v) is 7.33. The number of carbonyl (C=O) groups is 1. The molecule has 2 atom stereocenters. The smallest absolute Gasteiger partial charge is 0.217 e. The van der Waals surface area contributed by atoms with Gasteiger partial charge in [-0.2, -0.15) is 0 Å². The van der Waals surface area contributed by atoms with Gasteiger partial charge in [0, 0.05) is 10.6 Å². The molecule has 8 heteroatoms. The van der Waals surface area contributed by atoms with Crippen LogP contribution in [0.15, 0.2) is 18.2 Å². The summed E-state index contributed by atoms with van der Waals surface area (Å²) in [5.41, 5.74) is 0.177. The van der Waals surface area contributed by atoms with E-state index in [-0.39, 0.29) is 10.6 Å². The Balaban J connectivity index is 3.00. The van der Waals surface area contributed by atoms with Crippen molar-refractivity contribution in [2.45, 2.75) is 14.7 Å². The Hall–Kier alpha value is 0.780. The molecule has 0 spiro atoms. The normalized spacial score (nSPS) is 15.3. The van der Waals surface area contributed by atoms with Crippen molar-refractivity contribution in [1.29, 1.82) is 0 Å². The lowest BCUT2D eigenvalue weighted by Crippen LogP contribution is -2.38. The van der Waals surface area contributed by atoms with Crippen LogP contribution in [0.25, 0.3) is 0 Å². The molecule has 18 heavy (non-hydrogen) atoms. The summed E-state index contributed by atoms with van der Waals surface area (Å²) in [4.78, 5) is 11.0. The van der Waals surface area contributed by atoms with Gasteiger partial charge in [0.05, 0.1) is 5.02 Å². The van der Waals surface area contributed by atoms with Crippen molar-refractivity contribution in [3.8, 4) is 0 Å². The number of alkyl halides is 4. The summed E-state index contributed by atoms with van der Waals surface area (Å²) >= 11 is 31.1. The Kier molecular flexibility index (Phi) is 6.07. The fourth-order valence-electron chi connectivity index (χ4n) is 1.15. The third-order valence-corrected chi connectivity index (χ3v) is 4.19. The van der Waals surface area contributed by atoms with Gasteiger partial charge < -0.3 is 5.11 Å². The highest BCUT2D eigenvalue weighted by Gasteiger charge is 2.40. The maximum atomic E-state index is 12.1. The number of hydrogen-bond acceptors (Lipinski definition) is 2. The van der Waals surface area contributed by atoms with Crippen molar-refractivity contribution in [3.63, 3.8) is 0 Å². The Morgan fingerprint density at radius 2 is 1.83 bits per heavy atom. The molecular weight excluding hydrogens is 409 g/mol. The molecule has 2 nitrogen and oxygen atoms in total. The van der Waals surface area contributed by atoms with Crippen LogP contribution in [0.3, 0.4) is 0 Å². The lowest BCUT2D eigenvalue weighted by atomic mass is 10.1. The van der Waals surface area contributed by atoms with Gasteiger partial charge in [-0.15, -0.1) is 0 Å². The van der Waals surface area contributed by atoms with Gasteiger partial charge in [-0.05, 0) is 18.2 Å². The van der Waals surface area contributed by atoms with Crippen LogP contribution >= 0.6 is 73.9 Å². The van der Waals surface area contributed by atoms with E-state index in [1.165, 1.54) is 18.2 Å². The minimum Gasteiger partial charge on any atom is -0.387 e. The third-order valence-electron chi connectivity index (χ3n) is 2.06. The maximum absolute atomic E-state index is 12.1. The second-order valence-electron chi connectivity index (χ2n) is 3.38. The number of Topliss-reactive ketones (excluding diaryl/α,β-unsaturated/α-hetero) is 1. The number of rotatable bonds is 3. The van der Waals surface area contributed by atoms with Crippen LogP contribution in [0.1, 0.15) is 10.4 Å². The Bertz CT molecular complexity index is 460. The third kappa shape index (κ3) is 4.14. The topological polar surface area (TPSA) is 37.3 Å². The first-order chi connectivity index (χ1) is 8.14. The van der Waals surface area contributed by atoms with Crippen molar-refractivity contribution in [2.24, 2.45) is 0 Å². The number of ketones is 1. The molecule has 0 radical (unpaired) electrons. The van der Waals surface area contributed by atoms with Crippen LogP contribution in [0.2, 0.25) is 10.0 Å². The average molecular weight is 415 g/mol. The van der Waals surface area contributed by atoms with E-state index in [1.54, 1.807) is 0 Å². The standard InChI is InChI=1S/C10H6BrCl5O2/c11-7(9(18)10(14,15)16)8(17)5-2-1-4(12)3-6(5)13/h1-3,7,9,18H/t7-,9+/m1/s1. The van der Waals surface area contributed by atoms with E-state index < -0.39 is 20.5 Å². The van der Waals surface area contributed by atoms with E-state index in [2.05, 4.69) is 15.9 Å². The van der Waals surface area contributed by atoms with E-state index in [4.69, 9.17) is 58.0 Å². The number of aliphatic hydroxyl groups is 1. The summed E-state index contributed by atoms with van der Waals surface area (Å²) in [6.45, 7) is 0. The zero-order chi connectivity index (χ0) is 14.1. The Labute approximate surface area is 137 Å². The zero-order valence-electron chi connectivity index (χ0n) is 8.51. The molecule has 0 aliphatic carbocycles. The van der Waals surface area contributed by atoms with Crippen LogP contribution < -0.4 is 0 Å². The second-order valence-corrected chi connectivity index (χ2v) is 7.58. The van der Waals surface area contributed by atoms with E-state index in [1.807, 2.05) is 0 Å². The highest BCUT2D eigenvalue weighted by Crippen LogP contribution is 2.35. The molecule has 1 aromatic carbocycles. The first kappa shape index (κ1) is 16.8. The first-order valence-electron chi connectivity index (χ1n) is 4.52. The largest absolute Gasteiger partial charge is 0.387 e. The van der Waals surface area contributed by atoms with E-state index in [0.717, 1.165) is 0 Å². The Morgan fingerprint density at radius 3 is 2.28 bits per heavy atom. The fraction of sp³-hybridized carbons (Fsp3) is 0.300. The molecule has 100 valence electrons. The van der Waals surface area contributed by atoms with Crippen molar-refractivity contribution < 1.29 is 9.90 Å². The monoisotopic (exact) mass is 412 g/mol. The molecule has 0 aliphatic heterocycles. The molecule has 0 unspecified atom stereocenters. The summed E-state index contributed by atoms with van der Waals surface area (Å²) in [6.07, 6.45) is -1.51. The average Bonchev–Trinajstić information content (AvgIpc) is 2.25. The summed E-state index contributed by atoms with van der Waals surface area (Å²) in [7, 11) is 0. The summed E-state index contributed by atoms with van der Waals surface area (Å²) in [5, 5.41) is 10.3. The van der Waals surface area contributed by atoms with E-state index in [9.17, 15) is 9.90 Å². The van der Waals surface area contributed by atoms with E-state index in [0.29, 0.717) is 5.02 Å². The predicted molar refractivity (Wildman–Crippen MR) is 79.8 cm³/mol. The number of aliphatic hydroxyl groups excluding tert-OH is 1. The van der Waals surface area contributed by atoms with Crippen molar-refractivity contribution in [3.05, 3.63) is 33.8 Å². The van der Waals surface area contributed by atoms with Crippen LogP contribution in [0.5, 0.6) is 0 Å². The fourth-order valence-corrected chi connectivity index (χ4v) is 3.13. The molecule has 0 bridgehead atoms. The summed E-state index contributed by atoms with van der Waals surface area (Å²) < 4.78 is -1.98. The van der Waals surface area contributed by atoms with Crippen molar-refractivity contribution in [1.82, 2.24) is 0 Å². The van der Waals surface area contributed by atoms with Gasteiger partial charge in [-0.3, -0.25) is 4.79 Å². The number of benzene rings is 1. The second kappa shape index (κ2) is 6.49. The summed E-state index contributed by atoms with van der Waals surface area (Å²) in [5.74, 6) is -0.504. The van der Waals surface area contributed by atoms with Gasteiger partial charge in [0.15, 0.2) is 5.78 Å². The van der Waals surface area contributed by atoms with Crippen molar-refractivity contribution >= 4 is 79.7 Å². The van der Waals surface area contributed by atoms with Gasteiger partial charge in [-0.1, -0.05) is 73.9 Å². The molecular formula is C10H6BrCl5O2. The van der Waals surface area contributed by atoms with Crippen LogP contribution in [-0.2, 0) is 0 Å². The van der Waals surface area contributed by atoms with E-state index >= 15 is 0 Å². The Morgan fingerprint density at radius 1 is 1.28 bits per heavy atom. The maximum Gasteiger partial charge on any atom is 0.217 e. The van der Waals surface area contributed by atoms with Crippen LogP contribution in [0.4, 0.5) is 0 Å². The molecule has 0 aliphatic rings. The zero-order valence-corrected chi connectivity index (χ0v) is 13.9. The van der Waals surface area contributed by atoms with Crippen molar-refractivity contribution in [2.75, 3.05) is 0 Å². The summed E-state index contributed by atoms with van der Waals surface area (Å²) in [6, 6.07) is 4.35. The van der Waals surface area contributed by atoms with Gasteiger partial charge in [-0.25, -0.2) is 0 Å².